The lowest BCUT2D eigenvalue weighted by molar-refractivity contribution is 0.348. The van der Waals surface area contributed by atoms with E-state index in [1.807, 2.05) is 13.8 Å². The van der Waals surface area contributed by atoms with Crippen molar-refractivity contribution >= 4 is 0 Å². The Morgan fingerprint density at radius 1 is 1.31 bits per heavy atom. The lowest BCUT2D eigenvalue weighted by Crippen LogP contribution is -2.35. The minimum absolute atomic E-state index is 0.380. The van der Waals surface area contributed by atoms with Crippen molar-refractivity contribution in [3.63, 3.8) is 0 Å². The van der Waals surface area contributed by atoms with Crippen LogP contribution in [0.1, 0.15) is 56.7 Å². The first-order chi connectivity index (χ1) is 7.42. The second kappa shape index (κ2) is 3.92. The fourth-order valence-electron chi connectivity index (χ4n) is 2.38. The zero-order chi connectivity index (χ0) is 11.9. The van der Waals surface area contributed by atoms with Gasteiger partial charge in [0.15, 0.2) is 0 Å². The minimum atomic E-state index is 0.380. The number of hydrogen-bond acceptors (Lipinski definition) is 2. The number of nitrogens with one attached hydrogen (secondary N) is 1. The summed E-state index contributed by atoms with van der Waals surface area (Å²) in [6.07, 6.45) is 2.72. The average Bonchev–Trinajstić information content (AvgIpc) is 2.85. The molecule has 0 saturated heterocycles. The Morgan fingerprint density at radius 2 is 1.94 bits per heavy atom. The van der Waals surface area contributed by atoms with E-state index in [4.69, 9.17) is 4.42 Å². The van der Waals surface area contributed by atoms with Gasteiger partial charge in [0.2, 0.25) is 0 Å². The molecule has 1 N–H and O–H groups in total. The minimum Gasteiger partial charge on any atom is -0.466 e. The largest absolute Gasteiger partial charge is 0.466 e. The third kappa shape index (κ3) is 2.17. The fourth-order valence-corrected chi connectivity index (χ4v) is 2.38. The molecule has 1 fully saturated rings. The SMILES string of the molecule is Cc1cc(C(C)NC(C)C2(C)CC2)c(C)o1. The second-order valence-electron chi connectivity index (χ2n) is 5.63. The Bertz CT molecular complexity index is 376. The number of furan rings is 1. The van der Waals surface area contributed by atoms with Crippen LogP contribution in [0.2, 0.25) is 0 Å². The number of rotatable bonds is 4. The summed E-state index contributed by atoms with van der Waals surface area (Å²) in [6.45, 7) is 10.9. The van der Waals surface area contributed by atoms with Crippen molar-refractivity contribution in [2.24, 2.45) is 5.41 Å². The van der Waals surface area contributed by atoms with Crippen LogP contribution < -0.4 is 5.32 Å². The maximum absolute atomic E-state index is 5.58. The molecule has 1 aliphatic rings. The molecule has 0 spiro atoms. The molecule has 0 bridgehead atoms. The van der Waals surface area contributed by atoms with Crippen LogP contribution in [-0.4, -0.2) is 6.04 Å². The zero-order valence-electron chi connectivity index (χ0n) is 11.1. The Balaban J connectivity index is 2.02. The second-order valence-corrected chi connectivity index (χ2v) is 5.63. The summed E-state index contributed by atoms with van der Waals surface area (Å²) in [6, 6.07) is 3.11. The molecule has 1 saturated carbocycles. The standard InChI is InChI=1S/C14H23NO/c1-9-8-13(11(3)16-9)10(2)15-12(4)14(5)6-7-14/h8,10,12,15H,6-7H2,1-5H3. The molecule has 0 amide bonds. The maximum Gasteiger partial charge on any atom is 0.105 e. The van der Waals surface area contributed by atoms with Gasteiger partial charge in [-0.25, -0.2) is 0 Å². The Kier molecular flexibility index (Phi) is 2.87. The molecule has 0 radical (unpaired) electrons. The van der Waals surface area contributed by atoms with Gasteiger partial charge < -0.3 is 9.73 Å². The first kappa shape index (κ1) is 11.7. The molecule has 2 rings (SSSR count). The molecule has 1 aliphatic carbocycles. The van der Waals surface area contributed by atoms with Crippen LogP contribution in [0.25, 0.3) is 0 Å². The molecule has 2 atom stereocenters. The van der Waals surface area contributed by atoms with Crippen LogP contribution in [-0.2, 0) is 0 Å². The van der Waals surface area contributed by atoms with Crippen molar-refractivity contribution < 1.29 is 4.42 Å². The predicted molar refractivity (Wildman–Crippen MR) is 66.5 cm³/mol. The Morgan fingerprint density at radius 3 is 2.38 bits per heavy atom. The highest BCUT2D eigenvalue weighted by molar-refractivity contribution is 5.23. The van der Waals surface area contributed by atoms with Gasteiger partial charge >= 0.3 is 0 Å². The van der Waals surface area contributed by atoms with Crippen molar-refractivity contribution in [2.75, 3.05) is 0 Å². The van der Waals surface area contributed by atoms with E-state index >= 15 is 0 Å². The molecular formula is C14H23NO. The summed E-state index contributed by atoms with van der Waals surface area (Å²) in [5.74, 6) is 2.05. The molecule has 2 unspecified atom stereocenters. The van der Waals surface area contributed by atoms with Gasteiger partial charge in [0.05, 0.1) is 0 Å². The van der Waals surface area contributed by atoms with Gasteiger partial charge in [0.1, 0.15) is 11.5 Å². The quantitative estimate of drug-likeness (QED) is 0.838. The predicted octanol–water partition coefficient (Wildman–Crippen LogP) is 3.74. The molecule has 1 aromatic rings. The smallest absolute Gasteiger partial charge is 0.105 e. The summed E-state index contributed by atoms with van der Waals surface area (Å²) < 4.78 is 5.58. The summed E-state index contributed by atoms with van der Waals surface area (Å²) in [5, 5.41) is 3.69. The van der Waals surface area contributed by atoms with Crippen LogP contribution in [0.5, 0.6) is 0 Å². The van der Waals surface area contributed by atoms with Gasteiger partial charge in [-0.05, 0) is 52.0 Å². The van der Waals surface area contributed by atoms with Gasteiger partial charge in [0, 0.05) is 17.6 Å². The fraction of sp³-hybridized carbons (Fsp3) is 0.714. The zero-order valence-corrected chi connectivity index (χ0v) is 11.1. The van der Waals surface area contributed by atoms with Crippen molar-refractivity contribution in [2.45, 2.75) is 59.5 Å². The monoisotopic (exact) mass is 221 g/mol. The normalized spacial score (nSPS) is 21.8. The molecule has 90 valence electrons. The van der Waals surface area contributed by atoms with Gasteiger partial charge in [-0.3, -0.25) is 0 Å². The third-order valence-electron chi connectivity index (χ3n) is 4.13. The Hall–Kier alpha value is -0.760. The first-order valence-corrected chi connectivity index (χ1v) is 6.25. The first-order valence-electron chi connectivity index (χ1n) is 6.25. The highest BCUT2D eigenvalue weighted by Gasteiger charge is 2.42. The molecule has 0 aliphatic heterocycles. The Labute approximate surface area is 98.4 Å². The van der Waals surface area contributed by atoms with Crippen LogP contribution in [0.15, 0.2) is 10.5 Å². The lowest BCUT2D eigenvalue weighted by Gasteiger charge is -2.24. The van der Waals surface area contributed by atoms with Crippen LogP contribution >= 0.6 is 0 Å². The van der Waals surface area contributed by atoms with Gasteiger partial charge in [-0.1, -0.05) is 6.92 Å². The lowest BCUT2D eigenvalue weighted by atomic mass is 9.98. The van der Waals surface area contributed by atoms with Crippen LogP contribution in [0, 0.1) is 19.3 Å². The van der Waals surface area contributed by atoms with E-state index in [1.165, 1.54) is 18.4 Å². The molecule has 1 aromatic heterocycles. The average molecular weight is 221 g/mol. The van der Waals surface area contributed by atoms with Crippen molar-refractivity contribution in [1.29, 1.82) is 0 Å². The molecular weight excluding hydrogens is 198 g/mol. The summed E-state index contributed by atoms with van der Waals surface area (Å²) >= 11 is 0. The topological polar surface area (TPSA) is 25.2 Å². The van der Waals surface area contributed by atoms with Gasteiger partial charge in [-0.2, -0.15) is 0 Å². The van der Waals surface area contributed by atoms with E-state index in [0.717, 1.165) is 11.5 Å². The maximum atomic E-state index is 5.58. The van der Waals surface area contributed by atoms with Crippen LogP contribution in [0.3, 0.4) is 0 Å². The summed E-state index contributed by atoms with van der Waals surface area (Å²) in [7, 11) is 0. The summed E-state index contributed by atoms with van der Waals surface area (Å²) in [4.78, 5) is 0. The van der Waals surface area contributed by atoms with Gasteiger partial charge in [0.25, 0.3) is 0 Å². The number of aryl methyl sites for hydroxylation is 2. The molecule has 16 heavy (non-hydrogen) atoms. The highest BCUT2D eigenvalue weighted by Crippen LogP contribution is 2.48. The third-order valence-corrected chi connectivity index (χ3v) is 4.13. The highest BCUT2D eigenvalue weighted by atomic mass is 16.3. The van der Waals surface area contributed by atoms with E-state index in [0.29, 0.717) is 17.5 Å². The molecule has 1 heterocycles. The van der Waals surface area contributed by atoms with Crippen molar-refractivity contribution in [3.8, 4) is 0 Å². The van der Waals surface area contributed by atoms with E-state index in [2.05, 4.69) is 32.2 Å². The van der Waals surface area contributed by atoms with E-state index in [-0.39, 0.29) is 0 Å². The van der Waals surface area contributed by atoms with E-state index in [9.17, 15) is 0 Å². The van der Waals surface area contributed by atoms with E-state index in [1.54, 1.807) is 0 Å². The van der Waals surface area contributed by atoms with Crippen LogP contribution in [0.4, 0.5) is 0 Å². The van der Waals surface area contributed by atoms with Crippen molar-refractivity contribution in [3.05, 3.63) is 23.2 Å². The number of hydrogen-bond donors (Lipinski definition) is 1. The van der Waals surface area contributed by atoms with Crippen molar-refractivity contribution in [1.82, 2.24) is 5.32 Å². The van der Waals surface area contributed by atoms with E-state index < -0.39 is 0 Å². The van der Waals surface area contributed by atoms with Gasteiger partial charge in [-0.15, -0.1) is 0 Å². The molecule has 2 heteroatoms. The summed E-state index contributed by atoms with van der Waals surface area (Å²) in [5.41, 5.74) is 1.83. The molecule has 2 nitrogen and oxygen atoms in total. The molecule has 0 aromatic carbocycles.